The fourth-order valence-electron chi connectivity index (χ4n) is 2.89. The Hall–Kier alpha value is -1.84. The van der Waals surface area contributed by atoms with Crippen LogP contribution in [0.15, 0.2) is 24.3 Å². The number of nitrogens with one attached hydrogen (secondary N) is 1. The summed E-state index contributed by atoms with van der Waals surface area (Å²) in [4.78, 5) is 25.5. The number of likely N-dealkylation sites (N-methyl/N-ethyl adjacent to an activating group) is 1. The third kappa shape index (κ3) is 2.55. The van der Waals surface area contributed by atoms with E-state index in [-0.39, 0.29) is 30.3 Å². The number of hydrogen-bond acceptors (Lipinski definition) is 2. The Balaban J connectivity index is 1.59. The van der Waals surface area contributed by atoms with Crippen molar-refractivity contribution in [2.75, 3.05) is 13.6 Å². The zero-order valence-electron chi connectivity index (χ0n) is 11.8. The normalized spacial score (nSPS) is 20.4. The largest absolute Gasteiger partial charge is 0.347 e. The average Bonchev–Trinajstić information content (AvgIpc) is 3.23. The Morgan fingerprint density at radius 2 is 2.00 bits per heavy atom. The van der Waals surface area contributed by atoms with Gasteiger partial charge in [0.2, 0.25) is 11.8 Å². The Labute approximate surface area is 119 Å². The van der Waals surface area contributed by atoms with Gasteiger partial charge in [-0.2, -0.15) is 0 Å². The van der Waals surface area contributed by atoms with E-state index in [9.17, 15) is 9.59 Å². The van der Waals surface area contributed by atoms with Gasteiger partial charge in [0.05, 0.1) is 12.6 Å². The van der Waals surface area contributed by atoms with E-state index >= 15 is 0 Å². The molecule has 1 aromatic carbocycles. The number of aryl methyl sites for hydroxylation is 1. The molecule has 3 rings (SSSR count). The van der Waals surface area contributed by atoms with Crippen LogP contribution in [0.5, 0.6) is 0 Å². The molecule has 0 spiro atoms. The molecule has 2 aliphatic carbocycles. The highest BCUT2D eigenvalue weighted by molar-refractivity contribution is 5.87. The molecule has 0 aromatic heterocycles. The van der Waals surface area contributed by atoms with E-state index in [1.54, 1.807) is 4.90 Å². The molecule has 1 saturated carbocycles. The van der Waals surface area contributed by atoms with Crippen LogP contribution in [0.25, 0.3) is 0 Å². The molecule has 4 nitrogen and oxygen atoms in total. The number of amides is 2. The van der Waals surface area contributed by atoms with Crippen LogP contribution in [0, 0.1) is 5.92 Å². The van der Waals surface area contributed by atoms with Gasteiger partial charge in [0.1, 0.15) is 0 Å². The predicted molar refractivity (Wildman–Crippen MR) is 76.0 cm³/mol. The van der Waals surface area contributed by atoms with Crippen molar-refractivity contribution < 1.29 is 9.59 Å². The molecule has 20 heavy (non-hydrogen) atoms. The number of fused-ring (bicyclic) bond motifs is 1. The minimum absolute atomic E-state index is 0.0132. The third-order valence-electron chi connectivity index (χ3n) is 4.32. The summed E-state index contributed by atoms with van der Waals surface area (Å²) >= 11 is 0. The van der Waals surface area contributed by atoms with Gasteiger partial charge in [0.15, 0.2) is 0 Å². The standard InChI is InChI=1S/C16H20N2O2/c1-18(15(19)10-17-16(20)12-6-7-12)14-9-8-11-4-2-3-5-13(11)14/h2-5,12,14H,6-10H2,1H3,(H,17,20)/t14-/m1/s1. The molecular formula is C16H20N2O2. The molecule has 0 bridgehead atoms. The maximum absolute atomic E-state index is 12.2. The van der Waals surface area contributed by atoms with Crippen LogP contribution in [0.2, 0.25) is 0 Å². The van der Waals surface area contributed by atoms with E-state index in [2.05, 4.69) is 17.4 Å². The van der Waals surface area contributed by atoms with Gasteiger partial charge in [-0.3, -0.25) is 9.59 Å². The number of hydrogen-bond donors (Lipinski definition) is 1. The SMILES string of the molecule is CN(C(=O)CNC(=O)C1CC1)[C@@H]1CCc2ccccc21. The fraction of sp³-hybridized carbons (Fsp3) is 0.500. The van der Waals surface area contributed by atoms with E-state index < -0.39 is 0 Å². The summed E-state index contributed by atoms with van der Waals surface area (Å²) in [5.41, 5.74) is 2.58. The molecule has 1 N–H and O–H groups in total. The van der Waals surface area contributed by atoms with Gasteiger partial charge in [-0.05, 0) is 36.8 Å². The maximum atomic E-state index is 12.2. The lowest BCUT2D eigenvalue weighted by atomic mass is 10.1. The van der Waals surface area contributed by atoms with E-state index in [0.29, 0.717) is 0 Å². The molecule has 1 aromatic rings. The molecule has 4 heteroatoms. The van der Waals surface area contributed by atoms with Crippen LogP contribution in [-0.2, 0) is 16.0 Å². The summed E-state index contributed by atoms with van der Waals surface area (Å²) in [7, 11) is 1.83. The van der Waals surface area contributed by atoms with Crippen LogP contribution >= 0.6 is 0 Å². The van der Waals surface area contributed by atoms with Crippen LogP contribution in [0.4, 0.5) is 0 Å². The van der Waals surface area contributed by atoms with Crippen molar-refractivity contribution in [1.82, 2.24) is 10.2 Å². The molecular weight excluding hydrogens is 252 g/mol. The summed E-state index contributed by atoms with van der Waals surface area (Å²) in [6.45, 7) is 0.116. The minimum Gasteiger partial charge on any atom is -0.347 e. The Morgan fingerprint density at radius 1 is 1.25 bits per heavy atom. The minimum atomic E-state index is -0.0132. The second kappa shape index (κ2) is 5.27. The van der Waals surface area contributed by atoms with E-state index in [0.717, 1.165) is 25.7 Å². The number of benzene rings is 1. The van der Waals surface area contributed by atoms with Gasteiger partial charge in [-0.15, -0.1) is 0 Å². The summed E-state index contributed by atoms with van der Waals surface area (Å²) < 4.78 is 0. The molecule has 106 valence electrons. The first kappa shape index (κ1) is 13.2. The molecule has 0 heterocycles. The first-order valence-electron chi connectivity index (χ1n) is 7.28. The first-order chi connectivity index (χ1) is 9.66. The van der Waals surface area contributed by atoms with Crippen molar-refractivity contribution in [3.05, 3.63) is 35.4 Å². The highest BCUT2D eigenvalue weighted by Crippen LogP contribution is 2.34. The average molecular weight is 272 g/mol. The Morgan fingerprint density at radius 3 is 2.75 bits per heavy atom. The van der Waals surface area contributed by atoms with Crippen LogP contribution in [0.1, 0.15) is 36.4 Å². The molecule has 2 amide bonds. The van der Waals surface area contributed by atoms with Crippen molar-refractivity contribution in [2.24, 2.45) is 5.92 Å². The quantitative estimate of drug-likeness (QED) is 0.906. The monoisotopic (exact) mass is 272 g/mol. The fourth-order valence-corrected chi connectivity index (χ4v) is 2.89. The van der Waals surface area contributed by atoms with E-state index in [1.165, 1.54) is 11.1 Å². The lowest BCUT2D eigenvalue weighted by Crippen LogP contribution is -2.39. The summed E-state index contributed by atoms with van der Waals surface area (Å²) in [5, 5.41) is 2.74. The van der Waals surface area contributed by atoms with Gasteiger partial charge >= 0.3 is 0 Å². The molecule has 0 radical (unpaired) electrons. The first-order valence-corrected chi connectivity index (χ1v) is 7.28. The highest BCUT2D eigenvalue weighted by Gasteiger charge is 2.31. The molecule has 0 aliphatic heterocycles. The Kier molecular flexibility index (Phi) is 3.47. The number of rotatable bonds is 4. The van der Waals surface area contributed by atoms with Crippen LogP contribution < -0.4 is 5.32 Å². The van der Waals surface area contributed by atoms with E-state index in [4.69, 9.17) is 0 Å². The zero-order chi connectivity index (χ0) is 14.1. The highest BCUT2D eigenvalue weighted by atomic mass is 16.2. The second-order valence-corrected chi connectivity index (χ2v) is 5.75. The van der Waals surface area contributed by atoms with Crippen molar-refractivity contribution in [3.8, 4) is 0 Å². The zero-order valence-corrected chi connectivity index (χ0v) is 11.8. The van der Waals surface area contributed by atoms with Crippen molar-refractivity contribution >= 4 is 11.8 Å². The topological polar surface area (TPSA) is 49.4 Å². The van der Waals surface area contributed by atoms with Gasteiger partial charge in [0.25, 0.3) is 0 Å². The van der Waals surface area contributed by atoms with Crippen molar-refractivity contribution in [2.45, 2.75) is 31.7 Å². The lowest BCUT2D eigenvalue weighted by molar-refractivity contribution is -0.133. The van der Waals surface area contributed by atoms with Crippen LogP contribution in [0.3, 0.4) is 0 Å². The summed E-state index contributed by atoms with van der Waals surface area (Å²) in [5.74, 6) is 0.166. The second-order valence-electron chi connectivity index (χ2n) is 5.75. The summed E-state index contributed by atoms with van der Waals surface area (Å²) in [6.07, 6.45) is 3.92. The van der Waals surface area contributed by atoms with Gasteiger partial charge < -0.3 is 10.2 Å². The van der Waals surface area contributed by atoms with Gasteiger partial charge in [-0.25, -0.2) is 0 Å². The maximum Gasteiger partial charge on any atom is 0.242 e. The molecule has 2 aliphatic rings. The van der Waals surface area contributed by atoms with Gasteiger partial charge in [0, 0.05) is 13.0 Å². The van der Waals surface area contributed by atoms with Crippen molar-refractivity contribution in [3.63, 3.8) is 0 Å². The predicted octanol–water partition coefficient (Wildman–Crippen LogP) is 1.66. The van der Waals surface area contributed by atoms with Crippen molar-refractivity contribution in [1.29, 1.82) is 0 Å². The smallest absolute Gasteiger partial charge is 0.242 e. The number of nitrogens with zero attached hydrogens (tertiary/aromatic N) is 1. The Bertz CT molecular complexity index is 537. The lowest BCUT2D eigenvalue weighted by Gasteiger charge is -2.25. The molecule has 0 unspecified atom stereocenters. The van der Waals surface area contributed by atoms with Crippen LogP contribution in [-0.4, -0.2) is 30.3 Å². The third-order valence-corrected chi connectivity index (χ3v) is 4.32. The molecule has 1 atom stereocenters. The molecule has 0 saturated heterocycles. The number of carbonyl (C=O) groups excluding carboxylic acids is 2. The number of carbonyl (C=O) groups is 2. The van der Waals surface area contributed by atoms with E-state index in [1.807, 2.05) is 19.2 Å². The summed E-state index contributed by atoms with van der Waals surface area (Å²) in [6, 6.07) is 8.43. The van der Waals surface area contributed by atoms with Gasteiger partial charge in [-0.1, -0.05) is 24.3 Å². The molecule has 1 fully saturated rings.